The molecule has 1 aliphatic heterocycles. The molecule has 0 saturated carbocycles. The summed E-state index contributed by atoms with van der Waals surface area (Å²) >= 11 is 3.33. The van der Waals surface area contributed by atoms with Gasteiger partial charge in [0.25, 0.3) is 5.91 Å². The molecule has 1 saturated heterocycles. The van der Waals surface area contributed by atoms with E-state index in [1.165, 1.54) is 0 Å². The van der Waals surface area contributed by atoms with Gasteiger partial charge in [0.15, 0.2) is 5.96 Å². The monoisotopic (exact) mass is 930 g/mol. The lowest BCUT2D eigenvalue weighted by molar-refractivity contribution is -0.141. The van der Waals surface area contributed by atoms with E-state index in [4.69, 9.17) is 20.9 Å². The number of ether oxygens (including phenoxy) is 2. The molecular formula is C40H55BrN10O11. The summed E-state index contributed by atoms with van der Waals surface area (Å²) in [5, 5.41) is 27.5. The van der Waals surface area contributed by atoms with Crippen LogP contribution in [0.2, 0.25) is 0 Å². The molecule has 1 aliphatic rings. The molecule has 0 unspecified atom stereocenters. The molecule has 62 heavy (non-hydrogen) atoms. The predicted molar refractivity (Wildman–Crippen MR) is 228 cm³/mol. The fourth-order valence-corrected chi connectivity index (χ4v) is 6.34. The van der Waals surface area contributed by atoms with Gasteiger partial charge in [-0.2, -0.15) is 0 Å². The zero-order valence-corrected chi connectivity index (χ0v) is 35.7. The van der Waals surface area contributed by atoms with Crippen LogP contribution >= 0.6 is 15.9 Å². The number of nitrogens with one attached hydrogen (secondary N) is 7. The van der Waals surface area contributed by atoms with Gasteiger partial charge in [-0.3, -0.25) is 43.3 Å². The number of unbranched alkanes of at least 4 members (excludes halogenated alkanes) is 1. The number of carbonyl (C=O) groups excluding carboxylic acids is 7. The SMILES string of the molecule is NC(N)=NCCC[C@@H]1NC(=O)[C@H](CCCCNC(=O)COCCOCCNC(=O)c2cccc(Br)c2)NC(=O)[C@@H](Cc2ccccc2)NC(=O)[C@H](CC(=O)O)NC(=O)CNC1=O. The van der Waals surface area contributed by atoms with Crippen LogP contribution in [0.25, 0.3) is 0 Å². The smallest absolute Gasteiger partial charge is 0.305 e. The van der Waals surface area contributed by atoms with Crippen molar-refractivity contribution in [3.63, 3.8) is 0 Å². The minimum atomic E-state index is -1.61. The van der Waals surface area contributed by atoms with Crippen LogP contribution in [0.15, 0.2) is 64.1 Å². The van der Waals surface area contributed by atoms with E-state index < -0.39 is 78.5 Å². The van der Waals surface area contributed by atoms with Crippen molar-refractivity contribution >= 4 is 69.2 Å². The number of carboxylic acids is 1. The van der Waals surface area contributed by atoms with Gasteiger partial charge in [0.1, 0.15) is 30.8 Å². The fraction of sp³-hybridized carbons (Fsp3) is 0.475. The standard InChI is InChI=1S/C40H55BrN10O11/c41-27-11-6-10-26(21-27)35(56)45-16-17-61-18-19-62-24-33(53)44-14-5-4-12-29-37(58)49-28(13-7-15-46-40(42)43)36(57)47-23-32(52)48-31(22-34(54)55)39(60)51-30(38(59)50-29)20-25-8-2-1-3-9-25/h1-3,6,8-11,21,28-31H,4-5,7,12-20,22-24H2,(H,44,53)(H,45,56)(H,47,57)(H,48,52)(H,49,58)(H,50,59)(H,51,60)(H,54,55)(H4,42,43,46)/t28-,29-,30+,31-/m0/s1. The summed E-state index contributed by atoms with van der Waals surface area (Å²) in [5.41, 5.74) is 12.0. The van der Waals surface area contributed by atoms with Gasteiger partial charge in [-0.15, -0.1) is 0 Å². The zero-order valence-electron chi connectivity index (χ0n) is 34.1. The first-order valence-corrected chi connectivity index (χ1v) is 20.8. The van der Waals surface area contributed by atoms with Crippen LogP contribution in [-0.4, -0.2) is 135 Å². The Morgan fingerprint density at radius 2 is 1.40 bits per heavy atom. The van der Waals surface area contributed by atoms with Gasteiger partial charge in [-0.25, -0.2) is 0 Å². The largest absolute Gasteiger partial charge is 0.481 e. The first-order chi connectivity index (χ1) is 29.7. The highest BCUT2D eigenvalue weighted by atomic mass is 79.9. The molecule has 3 rings (SSSR count). The molecule has 12 N–H and O–H groups in total. The quantitative estimate of drug-likeness (QED) is 0.0360. The van der Waals surface area contributed by atoms with E-state index in [1.54, 1.807) is 48.5 Å². The van der Waals surface area contributed by atoms with Crippen LogP contribution < -0.4 is 48.7 Å². The van der Waals surface area contributed by atoms with Crippen LogP contribution in [0.5, 0.6) is 0 Å². The molecule has 0 aromatic heterocycles. The predicted octanol–water partition coefficient (Wildman–Crippen LogP) is -1.66. The van der Waals surface area contributed by atoms with Crippen molar-refractivity contribution in [2.75, 3.05) is 52.6 Å². The number of nitrogens with zero attached hydrogens (tertiary/aromatic N) is 1. The second kappa shape index (κ2) is 27.7. The van der Waals surface area contributed by atoms with Crippen molar-refractivity contribution in [3.05, 3.63) is 70.2 Å². The first-order valence-electron chi connectivity index (χ1n) is 20.0. The summed E-state index contributed by atoms with van der Waals surface area (Å²) < 4.78 is 11.6. The molecule has 0 bridgehead atoms. The number of nitrogens with two attached hydrogens (primary N) is 2. The van der Waals surface area contributed by atoms with Gasteiger partial charge in [-0.1, -0.05) is 52.3 Å². The average molecular weight is 932 g/mol. The number of aliphatic carboxylic acids is 1. The minimum Gasteiger partial charge on any atom is -0.481 e. The highest BCUT2D eigenvalue weighted by molar-refractivity contribution is 9.10. The van der Waals surface area contributed by atoms with E-state index in [0.29, 0.717) is 24.0 Å². The molecule has 0 aliphatic carbocycles. The van der Waals surface area contributed by atoms with Crippen molar-refractivity contribution in [1.29, 1.82) is 0 Å². The number of rotatable bonds is 22. The number of guanidine groups is 1. The Kier molecular flexibility index (Phi) is 22.4. The molecule has 0 spiro atoms. The third kappa shape index (κ3) is 20.0. The third-order valence-electron chi connectivity index (χ3n) is 9.05. The number of amides is 7. The second-order valence-corrected chi connectivity index (χ2v) is 15.0. The molecule has 21 nitrogen and oxygen atoms in total. The maximum Gasteiger partial charge on any atom is 0.305 e. The van der Waals surface area contributed by atoms with Gasteiger partial charge in [0.05, 0.1) is 32.8 Å². The Hall–Kier alpha value is -6.13. The fourth-order valence-electron chi connectivity index (χ4n) is 5.94. The third-order valence-corrected chi connectivity index (χ3v) is 9.54. The highest BCUT2D eigenvalue weighted by Gasteiger charge is 2.33. The van der Waals surface area contributed by atoms with Crippen LogP contribution in [-0.2, 0) is 49.5 Å². The Bertz CT molecular complexity index is 1870. The molecule has 4 atom stereocenters. The molecule has 22 heteroatoms. The normalized spacial score (nSPS) is 18.6. The maximum atomic E-state index is 13.9. The van der Waals surface area contributed by atoms with E-state index in [1.807, 2.05) is 6.07 Å². The van der Waals surface area contributed by atoms with Crippen LogP contribution in [0.1, 0.15) is 54.4 Å². The van der Waals surface area contributed by atoms with Gasteiger partial charge in [0, 0.05) is 36.1 Å². The van der Waals surface area contributed by atoms with Crippen molar-refractivity contribution in [2.45, 2.75) is 69.1 Å². The van der Waals surface area contributed by atoms with Gasteiger partial charge >= 0.3 is 5.97 Å². The maximum absolute atomic E-state index is 13.9. The number of carboxylic acid groups (broad SMARTS) is 1. The number of hydrogen-bond donors (Lipinski definition) is 10. The Labute approximate surface area is 366 Å². The summed E-state index contributed by atoms with van der Waals surface area (Å²) in [4.78, 5) is 107. The minimum absolute atomic E-state index is 0.0284. The van der Waals surface area contributed by atoms with Gasteiger partial charge < -0.3 is 63.3 Å². The van der Waals surface area contributed by atoms with Crippen LogP contribution in [0.4, 0.5) is 0 Å². The van der Waals surface area contributed by atoms with E-state index in [-0.39, 0.29) is 83.6 Å². The highest BCUT2D eigenvalue weighted by Crippen LogP contribution is 2.12. The molecule has 2 aromatic rings. The van der Waals surface area contributed by atoms with Crippen molar-refractivity contribution in [2.24, 2.45) is 16.5 Å². The molecule has 7 amide bonds. The van der Waals surface area contributed by atoms with E-state index in [0.717, 1.165) is 4.47 Å². The summed E-state index contributed by atoms with van der Waals surface area (Å²) in [7, 11) is 0. The molecule has 1 fully saturated rings. The Morgan fingerprint density at radius 1 is 0.742 bits per heavy atom. The number of halogens is 1. The molecular weight excluding hydrogens is 876 g/mol. The van der Waals surface area contributed by atoms with Crippen molar-refractivity contribution in [3.8, 4) is 0 Å². The van der Waals surface area contributed by atoms with Crippen molar-refractivity contribution in [1.82, 2.24) is 37.2 Å². The van der Waals surface area contributed by atoms with E-state index in [2.05, 4.69) is 58.1 Å². The van der Waals surface area contributed by atoms with Crippen molar-refractivity contribution < 1.29 is 52.9 Å². The average Bonchev–Trinajstić information content (AvgIpc) is 3.23. The molecule has 1 heterocycles. The molecule has 2 aromatic carbocycles. The number of benzene rings is 2. The summed E-state index contributed by atoms with van der Waals surface area (Å²) in [6.45, 7) is 0.291. The summed E-state index contributed by atoms with van der Waals surface area (Å²) in [6, 6.07) is 10.2. The Morgan fingerprint density at radius 3 is 2.11 bits per heavy atom. The van der Waals surface area contributed by atoms with Gasteiger partial charge in [-0.05, 0) is 55.9 Å². The van der Waals surface area contributed by atoms with Crippen LogP contribution in [0.3, 0.4) is 0 Å². The molecule has 0 radical (unpaired) electrons. The number of carbonyl (C=O) groups is 8. The lowest BCUT2D eigenvalue weighted by atomic mass is 10.0. The summed E-state index contributed by atoms with van der Waals surface area (Å²) in [5.74, 6) is -6.36. The number of hydrogen-bond acceptors (Lipinski definition) is 11. The van der Waals surface area contributed by atoms with Crippen LogP contribution in [0, 0.1) is 0 Å². The molecule has 338 valence electrons. The first kappa shape index (κ1) is 50.2. The number of aliphatic imine (C=N–C) groups is 1. The zero-order chi connectivity index (χ0) is 45.3. The summed E-state index contributed by atoms with van der Waals surface area (Å²) in [6.07, 6.45) is 0.108. The topological polar surface area (TPSA) is 324 Å². The lowest BCUT2D eigenvalue weighted by Gasteiger charge is -2.26. The van der Waals surface area contributed by atoms with E-state index >= 15 is 0 Å². The Balaban J connectivity index is 1.61. The second-order valence-electron chi connectivity index (χ2n) is 14.0. The lowest BCUT2D eigenvalue weighted by Crippen LogP contribution is -2.58. The van der Waals surface area contributed by atoms with Gasteiger partial charge in [0.2, 0.25) is 35.4 Å². The van der Waals surface area contributed by atoms with E-state index in [9.17, 15) is 43.5 Å².